The van der Waals surface area contributed by atoms with Crippen molar-refractivity contribution in [3.63, 3.8) is 0 Å². The summed E-state index contributed by atoms with van der Waals surface area (Å²) in [6.45, 7) is -0.0781. The van der Waals surface area contributed by atoms with E-state index >= 15 is 0 Å². The summed E-state index contributed by atoms with van der Waals surface area (Å²) in [6.07, 6.45) is 1.71. The van der Waals surface area contributed by atoms with E-state index in [-0.39, 0.29) is 25.8 Å². The van der Waals surface area contributed by atoms with Gasteiger partial charge in [-0.1, -0.05) is 0 Å². The predicted octanol–water partition coefficient (Wildman–Crippen LogP) is -0.509. The molecule has 9 nitrogen and oxygen atoms in total. The SMILES string of the molecule is C[NH+](C)C=Nc1ccc2c(c1)C(=O)N(CCO[N+](=O)[O-])CO2. The Labute approximate surface area is 126 Å². The summed E-state index contributed by atoms with van der Waals surface area (Å²) in [4.78, 5) is 33.3. The second-order valence-corrected chi connectivity index (χ2v) is 4.91. The molecule has 0 atom stereocenters. The molecular weight excluding hydrogens is 292 g/mol. The van der Waals surface area contributed by atoms with Gasteiger partial charge in [0.25, 0.3) is 11.0 Å². The zero-order valence-electron chi connectivity index (χ0n) is 12.3. The molecule has 0 fully saturated rings. The first-order valence-corrected chi connectivity index (χ1v) is 6.65. The molecule has 0 saturated heterocycles. The molecule has 0 unspecified atom stereocenters. The van der Waals surface area contributed by atoms with Gasteiger partial charge in [-0.2, -0.15) is 0 Å². The maximum Gasteiger partial charge on any atom is 0.294 e. The summed E-state index contributed by atoms with van der Waals surface area (Å²) < 4.78 is 5.47. The van der Waals surface area contributed by atoms with Crippen LogP contribution in [0.1, 0.15) is 10.4 Å². The average molecular weight is 309 g/mol. The summed E-state index contributed by atoms with van der Waals surface area (Å²) in [5.74, 6) is 0.218. The second-order valence-electron chi connectivity index (χ2n) is 4.91. The van der Waals surface area contributed by atoms with Crippen LogP contribution in [0.25, 0.3) is 0 Å². The van der Waals surface area contributed by atoms with Crippen molar-refractivity contribution in [1.29, 1.82) is 0 Å². The molecular formula is C13H17N4O5+. The fourth-order valence-electron chi connectivity index (χ4n) is 1.86. The minimum atomic E-state index is -0.889. The van der Waals surface area contributed by atoms with Gasteiger partial charge >= 0.3 is 0 Å². The van der Waals surface area contributed by atoms with Crippen LogP contribution in [0.15, 0.2) is 23.2 Å². The lowest BCUT2D eigenvalue weighted by molar-refractivity contribution is -0.757. The van der Waals surface area contributed by atoms with Crippen LogP contribution in [0.2, 0.25) is 0 Å². The van der Waals surface area contributed by atoms with Crippen molar-refractivity contribution in [2.24, 2.45) is 4.99 Å². The molecule has 1 amide bonds. The minimum Gasteiger partial charge on any atom is -0.472 e. The molecule has 118 valence electrons. The highest BCUT2D eigenvalue weighted by Gasteiger charge is 2.25. The summed E-state index contributed by atoms with van der Waals surface area (Å²) in [5, 5.41) is 9.23. The molecule has 0 saturated carbocycles. The lowest BCUT2D eigenvalue weighted by atomic mass is 10.1. The van der Waals surface area contributed by atoms with Gasteiger partial charge in [-0.3, -0.25) is 9.69 Å². The van der Waals surface area contributed by atoms with Crippen LogP contribution in [-0.4, -0.2) is 56.2 Å². The number of benzene rings is 1. The van der Waals surface area contributed by atoms with Crippen molar-refractivity contribution in [3.05, 3.63) is 33.9 Å². The molecule has 0 bridgehead atoms. The number of aliphatic imine (C=N–C) groups is 1. The van der Waals surface area contributed by atoms with Gasteiger partial charge in [0.1, 0.15) is 12.4 Å². The summed E-state index contributed by atoms with van der Waals surface area (Å²) in [5.41, 5.74) is 1.02. The predicted molar refractivity (Wildman–Crippen MR) is 76.9 cm³/mol. The number of nitrogens with one attached hydrogen (secondary N) is 1. The van der Waals surface area contributed by atoms with Crippen LogP contribution in [-0.2, 0) is 4.84 Å². The molecule has 9 heteroatoms. The van der Waals surface area contributed by atoms with Gasteiger partial charge < -0.3 is 14.5 Å². The molecule has 2 rings (SSSR count). The van der Waals surface area contributed by atoms with Crippen molar-refractivity contribution in [1.82, 2.24) is 4.90 Å². The number of hydrogen-bond donors (Lipinski definition) is 1. The Morgan fingerprint density at radius 2 is 2.32 bits per heavy atom. The molecule has 0 aliphatic carbocycles. The molecule has 22 heavy (non-hydrogen) atoms. The quantitative estimate of drug-likeness (QED) is 0.330. The van der Waals surface area contributed by atoms with E-state index in [1.807, 2.05) is 14.1 Å². The topological polar surface area (TPSA) is 98.7 Å². The molecule has 0 radical (unpaired) electrons. The molecule has 1 N–H and O–H groups in total. The molecule has 0 spiro atoms. The highest BCUT2D eigenvalue weighted by atomic mass is 16.9. The number of ether oxygens (including phenoxy) is 1. The largest absolute Gasteiger partial charge is 0.472 e. The Balaban J connectivity index is 2.10. The zero-order chi connectivity index (χ0) is 16.1. The molecule has 1 aliphatic heterocycles. The summed E-state index contributed by atoms with van der Waals surface area (Å²) >= 11 is 0. The molecule has 1 aromatic rings. The van der Waals surface area contributed by atoms with Crippen LogP contribution in [0, 0.1) is 10.1 Å². The maximum atomic E-state index is 12.3. The van der Waals surface area contributed by atoms with Gasteiger partial charge in [0, 0.05) is 6.54 Å². The second kappa shape index (κ2) is 6.85. The van der Waals surface area contributed by atoms with Crippen LogP contribution < -0.4 is 9.64 Å². The van der Waals surface area contributed by atoms with E-state index in [2.05, 4.69) is 9.83 Å². The Morgan fingerprint density at radius 3 is 3.00 bits per heavy atom. The maximum absolute atomic E-state index is 12.3. The summed E-state index contributed by atoms with van der Waals surface area (Å²) in [6, 6.07) is 5.09. The number of hydrogen-bond acceptors (Lipinski definition) is 6. The van der Waals surface area contributed by atoms with Crippen molar-refractivity contribution in [2.45, 2.75) is 0 Å². The smallest absolute Gasteiger partial charge is 0.294 e. The van der Waals surface area contributed by atoms with Crippen LogP contribution in [0.5, 0.6) is 5.75 Å². The van der Waals surface area contributed by atoms with Crippen LogP contribution in [0.4, 0.5) is 5.69 Å². The van der Waals surface area contributed by atoms with Gasteiger partial charge in [-0.25, -0.2) is 4.99 Å². The minimum absolute atomic E-state index is 0.0391. The van der Waals surface area contributed by atoms with E-state index in [1.54, 1.807) is 24.5 Å². The lowest BCUT2D eigenvalue weighted by Crippen LogP contribution is -3.04. The molecule has 1 aliphatic rings. The lowest BCUT2D eigenvalue weighted by Gasteiger charge is -2.28. The number of carbonyl (C=O) groups excluding carboxylic acids is 1. The van der Waals surface area contributed by atoms with Gasteiger partial charge in [0.15, 0.2) is 13.1 Å². The number of nitrogens with zero attached hydrogens (tertiary/aromatic N) is 3. The first-order chi connectivity index (χ1) is 10.5. The van der Waals surface area contributed by atoms with E-state index in [1.165, 1.54) is 4.90 Å². The number of carbonyl (C=O) groups is 1. The van der Waals surface area contributed by atoms with Crippen LogP contribution >= 0.6 is 0 Å². The van der Waals surface area contributed by atoms with Gasteiger partial charge in [0.05, 0.1) is 25.3 Å². The average Bonchev–Trinajstić information content (AvgIpc) is 2.47. The third-order valence-corrected chi connectivity index (χ3v) is 2.89. The standard InChI is InChI=1S/C13H16N4O5/c1-15(2)8-14-10-3-4-12-11(7-10)13(18)16(9-21-12)5-6-22-17(19)20/h3-4,7-8H,5-6,9H2,1-2H3/p+1. The normalized spacial score (nSPS) is 14.1. The Hall–Kier alpha value is -2.68. The van der Waals surface area contributed by atoms with E-state index in [4.69, 9.17) is 4.74 Å². The van der Waals surface area contributed by atoms with Gasteiger partial charge in [0.2, 0.25) is 0 Å². The van der Waals surface area contributed by atoms with Gasteiger partial charge in [-0.15, -0.1) is 10.1 Å². The third-order valence-electron chi connectivity index (χ3n) is 2.89. The molecule has 0 aromatic heterocycles. The van der Waals surface area contributed by atoms with Gasteiger partial charge in [-0.05, 0) is 18.2 Å². The fourth-order valence-corrected chi connectivity index (χ4v) is 1.86. The zero-order valence-corrected chi connectivity index (χ0v) is 12.3. The third kappa shape index (κ3) is 3.92. The van der Waals surface area contributed by atoms with Crippen LogP contribution in [0.3, 0.4) is 0 Å². The number of fused-ring (bicyclic) bond motifs is 1. The number of rotatable bonds is 6. The monoisotopic (exact) mass is 309 g/mol. The van der Waals surface area contributed by atoms with E-state index < -0.39 is 5.09 Å². The number of amides is 1. The first-order valence-electron chi connectivity index (χ1n) is 6.65. The van der Waals surface area contributed by atoms with E-state index in [0.717, 1.165) is 4.90 Å². The Morgan fingerprint density at radius 1 is 1.55 bits per heavy atom. The Bertz CT molecular complexity index is 602. The first kappa shape index (κ1) is 15.7. The summed E-state index contributed by atoms with van der Waals surface area (Å²) in [7, 11) is 3.85. The van der Waals surface area contributed by atoms with E-state index in [9.17, 15) is 14.9 Å². The van der Waals surface area contributed by atoms with Crippen molar-refractivity contribution in [2.75, 3.05) is 34.0 Å². The fraction of sp³-hybridized carbons (Fsp3) is 0.385. The highest BCUT2D eigenvalue weighted by molar-refractivity contribution is 5.98. The molecule has 1 heterocycles. The van der Waals surface area contributed by atoms with Crippen molar-refractivity contribution >= 4 is 17.9 Å². The number of quaternary nitrogens is 1. The highest BCUT2D eigenvalue weighted by Crippen LogP contribution is 2.28. The molecule has 1 aromatic carbocycles. The van der Waals surface area contributed by atoms with E-state index in [0.29, 0.717) is 17.0 Å². The van der Waals surface area contributed by atoms with Crippen molar-refractivity contribution < 1.29 is 24.4 Å². The van der Waals surface area contributed by atoms with Crippen molar-refractivity contribution in [3.8, 4) is 5.75 Å². The Kier molecular flexibility index (Phi) is 4.89.